The van der Waals surface area contributed by atoms with Crippen LogP contribution in [0, 0.1) is 6.92 Å². The van der Waals surface area contributed by atoms with E-state index in [-0.39, 0.29) is 16.9 Å². The van der Waals surface area contributed by atoms with Gasteiger partial charge in [0.2, 0.25) is 0 Å². The maximum absolute atomic E-state index is 11.6. The van der Waals surface area contributed by atoms with E-state index in [1.54, 1.807) is 12.3 Å². The van der Waals surface area contributed by atoms with E-state index in [4.69, 9.17) is 16.0 Å². The van der Waals surface area contributed by atoms with E-state index in [1.807, 2.05) is 13.0 Å². The summed E-state index contributed by atoms with van der Waals surface area (Å²) >= 11 is 5.57. The Kier molecular flexibility index (Phi) is 2.92. The lowest BCUT2D eigenvalue weighted by Gasteiger charge is -2.02. The molecule has 0 bridgehead atoms. The maximum Gasteiger partial charge on any atom is 0.292 e. The number of hydrogen-bond acceptors (Lipinski definition) is 3. The molecule has 0 saturated carbocycles. The number of carbonyl (C=O) groups excluding carboxylic acids is 1. The fourth-order valence-electron chi connectivity index (χ4n) is 1.22. The number of anilines is 1. The van der Waals surface area contributed by atoms with Crippen LogP contribution < -0.4 is 5.32 Å². The summed E-state index contributed by atoms with van der Waals surface area (Å²) in [5.41, 5.74) is 1.02. The van der Waals surface area contributed by atoms with Crippen molar-refractivity contribution in [1.82, 2.24) is 4.98 Å². The minimum Gasteiger partial charge on any atom is -0.440 e. The molecule has 1 N–H and O–H groups in total. The molecule has 0 spiro atoms. The number of pyridine rings is 1. The van der Waals surface area contributed by atoms with Crippen molar-refractivity contribution in [3.05, 3.63) is 47.0 Å². The van der Waals surface area contributed by atoms with Crippen LogP contribution in [-0.2, 0) is 0 Å². The van der Waals surface area contributed by atoms with Gasteiger partial charge in [-0.05, 0) is 48.4 Å². The van der Waals surface area contributed by atoms with Gasteiger partial charge >= 0.3 is 0 Å². The lowest BCUT2D eigenvalue weighted by atomic mass is 10.3. The molecule has 0 saturated heterocycles. The van der Waals surface area contributed by atoms with Crippen molar-refractivity contribution in [3.63, 3.8) is 0 Å². The van der Waals surface area contributed by atoms with E-state index >= 15 is 0 Å². The van der Waals surface area contributed by atoms with Crippen molar-refractivity contribution in [2.24, 2.45) is 0 Å². The third-order valence-corrected chi connectivity index (χ3v) is 2.16. The van der Waals surface area contributed by atoms with Gasteiger partial charge in [0, 0.05) is 6.20 Å². The van der Waals surface area contributed by atoms with Crippen LogP contribution in [-0.4, -0.2) is 10.9 Å². The summed E-state index contributed by atoms with van der Waals surface area (Å²) in [5, 5.41) is 2.79. The highest BCUT2D eigenvalue weighted by Gasteiger charge is 2.10. The maximum atomic E-state index is 11.6. The van der Waals surface area contributed by atoms with Gasteiger partial charge in [-0.3, -0.25) is 4.79 Å². The molecule has 5 heteroatoms. The molecule has 0 aliphatic carbocycles. The first-order chi connectivity index (χ1) is 7.65. The third-order valence-electron chi connectivity index (χ3n) is 1.95. The topological polar surface area (TPSA) is 55.1 Å². The molecule has 2 aromatic heterocycles. The first-order valence-corrected chi connectivity index (χ1v) is 5.02. The molecule has 0 radical (unpaired) electrons. The summed E-state index contributed by atoms with van der Waals surface area (Å²) in [6, 6.07) is 6.63. The lowest BCUT2D eigenvalue weighted by molar-refractivity contribution is 0.0996. The second-order valence-corrected chi connectivity index (χ2v) is 3.65. The number of nitrogens with zero attached hydrogens (tertiary/aromatic N) is 1. The second kappa shape index (κ2) is 4.37. The number of furan rings is 1. The summed E-state index contributed by atoms with van der Waals surface area (Å²) in [6.45, 7) is 1.92. The summed E-state index contributed by atoms with van der Waals surface area (Å²) in [4.78, 5) is 15.6. The Labute approximate surface area is 97.2 Å². The number of aromatic nitrogens is 1. The van der Waals surface area contributed by atoms with E-state index in [2.05, 4.69) is 10.3 Å². The molecule has 2 aromatic rings. The van der Waals surface area contributed by atoms with Gasteiger partial charge in [0.05, 0.1) is 0 Å². The molecule has 16 heavy (non-hydrogen) atoms. The molecule has 0 aromatic carbocycles. The van der Waals surface area contributed by atoms with E-state index in [9.17, 15) is 4.79 Å². The number of aryl methyl sites for hydroxylation is 1. The van der Waals surface area contributed by atoms with Gasteiger partial charge in [0.25, 0.3) is 5.91 Å². The van der Waals surface area contributed by atoms with Crippen LogP contribution in [0.2, 0.25) is 5.22 Å². The molecule has 0 unspecified atom stereocenters. The summed E-state index contributed by atoms with van der Waals surface area (Å²) in [5.74, 6) is 0.274. The minimum atomic E-state index is -0.370. The second-order valence-electron chi connectivity index (χ2n) is 3.28. The van der Waals surface area contributed by atoms with Crippen LogP contribution in [0.25, 0.3) is 0 Å². The zero-order chi connectivity index (χ0) is 11.5. The van der Waals surface area contributed by atoms with Gasteiger partial charge < -0.3 is 9.73 Å². The third kappa shape index (κ3) is 2.41. The molecule has 82 valence electrons. The predicted octanol–water partition coefficient (Wildman–Crippen LogP) is 2.89. The molecule has 2 rings (SSSR count). The van der Waals surface area contributed by atoms with Crippen molar-refractivity contribution in [2.45, 2.75) is 6.92 Å². The van der Waals surface area contributed by atoms with Crippen LogP contribution in [0.4, 0.5) is 5.82 Å². The highest BCUT2D eigenvalue weighted by molar-refractivity contribution is 6.29. The summed E-state index contributed by atoms with van der Waals surface area (Å²) in [6.07, 6.45) is 1.63. The van der Waals surface area contributed by atoms with Crippen molar-refractivity contribution in [2.75, 3.05) is 5.32 Å². The number of nitrogens with one attached hydrogen (secondary N) is 1. The van der Waals surface area contributed by atoms with Crippen molar-refractivity contribution in [3.8, 4) is 0 Å². The van der Waals surface area contributed by atoms with Crippen LogP contribution >= 0.6 is 11.6 Å². The monoisotopic (exact) mass is 236 g/mol. The molecule has 0 fully saturated rings. The van der Waals surface area contributed by atoms with Gasteiger partial charge in [-0.1, -0.05) is 0 Å². The highest BCUT2D eigenvalue weighted by atomic mass is 35.5. The van der Waals surface area contributed by atoms with Crippen molar-refractivity contribution < 1.29 is 9.21 Å². The first-order valence-electron chi connectivity index (χ1n) is 4.64. The van der Waals surface area contributed by atoms with Crippen LogP contribution in [0.1, 0.15) is 16.1 Å². The molecule has 4 nitrogen and oxygen atoms in total. The quantitative estimate of drug-likeness (QED) is 0.872. The minimum absolute atomic E-state index is 0.160. The SMILES string of the molecule is Cc1ccnc(NC(=O)c2ccc(Cl)o2)c1. The average molecular weight is 237 g/mol. The Morgan fingerprint density at radius 1 is 1.44 bits per heavy atom. The van der Waals surface area contributed by atoms with Crippen LogP contribution in [0.15, 0.2) is 34.9 Å². The molecular formula is C11H9ClN2O2. The Morgan fingerprint density at radius 2 is 2.25 bits per heavy atom. The zero-order valence-electron chi connectivity index (χ0n) is 8.53. The number of hydrogen-bond donors (Lipinski definition) is 1. The Hall–Kier alpha value is -1.81. The zero-order valence-corrected chi connectivity index (χ0v) is 9.28. The Balaban J connectivity index is 2.13. The lowest BCUT2D eigenvalue weighted by Crippen LogP contribution is -2.11. The van der Waals surface area contributed by atoms with E-state index in [0.29, 0.717) is 5.82 Å². The van der Waals surface area contributed by atoms with Crippen molar-refractivity contribution in [1.29, 1.82) is 0 Å². The van der Waals surface area contributed by atoms with Gasteiger partial charge in [-0.2, -0.15) is 0 Å². The summed E-state index contributed by atoms with van der Waals surface area (Å²) < 4.78 is 4.97. The molecule has 0 atom stereocenters. The number of amides is 1. The standard InChI is InChI=1S/C11H9ClN2O2/c1-7-4-5-13-10(6-7)14-11(15)8-2-3-9(12)16-8/h2-6H,1H3,(H,13,14,15). The highest BCUT2D eigenvalue weighted by Crippen LogP contribution is 2.14. The molecule has 1 amide bonds. The summed E-state index contributed by atoms with van der Waals surface area (Å²) in [7, 11) is 0. The van der Waals surface area contributed by atoms with Crippen LogP contribution in [0.3, 0.4) is 0 Å². The predicted molar refractivity (Wildman–Crippen MR) is 60.6 cm³/mol. The van der Waals surface area contributed by atoms with Gasteiger partial charge in [-0.25, -0.2) is 4.98 Å². The van der Waals surface area contributed by atoms with E-state index < -0.39 is 0 Å². The first kappa shape index (κ1) is 10.7. The largest absolute Gasteiger partial charge is 0.440 e. The normalized spacial score (nSPS) is 10.1. The van der Waals surface area contributed by atoms with Gasteiger partial charge in [0.15, 0.2) is 11.0 Å². The molecular weight excluding hydrogens is 228 g/mol. The molecule has 2 heterocycles. The molecule has 0 aliphatic rings. The Bertz CT molecular complexity index is 522. The van der Waals surface area contributed by atoms with Gasteiger partial charge in [-0.15, -0.1) is 0 Å². The Morgan fingerprint density at radius 3 is 2.88 bits per heavy atom. The fraction of sp³-hybridized carbons (Fsp3) is 0.0909. The number of halogens is 1. The fourth-order valence-corrected chi connectivity index (χ4v) is 1.36. The van der Waals surface area contributed by atoms with E-state index in [1.165, 1.54) is 12.1 Å². The number of rotatable bonds is 2. The van der Waals surface area contributed by atoms with Crippen LogP contribution in [0.5, 0.6) is 0 Å². The van der Waals surface area contributed by atoms with Crippen molar-refractivity contribution >= 4 is 23.3 Å². The van der Waals surface area contributed by atoms with Gasteiger partial charge in [0.1, 0.15) is 5.82 Å². The molecule has 0 aliphatic heterocycles. The number of carbonyl (C=O) groups is 1. The smallest absolute Gasteiger partial charge is 0.292 e. The van der Waals surface area contributed by atoms with E-state index in [0.717, 1.165) is 5.56 Å². The average Bonchev–Trinajstić information content (AvgIpc) is 2.65.